The minimum absolute atomic E-state index is 0.0745. The topological polar surface area (TPSA) is 61.4 Å². The molecule has 118 valence electrons. The number of benzene rings is 1. The average Bonchev–Trinajstić information content (AvgIpc) is 3.05. The number of rotatable bonds is 8. The van der Waals surface area contributed by atoms with Crippen molar-refractivity contribution in [1.82, 2.24) is 10.6 Å². The highest BCUT2D eigenvalue weighted by Gasteiger charge is 2.13. The van der Waals surface area contributed by atoms with Crippen LogP contribution in [0.15, 0.2) is 47.2 Å². The molecule has 2 amide bonds. The van der Waals surface area contributed by atoms with Crippen LogP contribution in [0.2, 0.25) is 0 Å². The summed E-state index contributed by atoms with van der Waals surface area (Å²) in [6.07, 6.45) is 2.22. The fraction of sp³-hybridized carbons (Fsp3) is 0.353. The van der Waals surface area contributed by atoms with E-state index in [-0.39, 0.29) is 18.7 Å². The molecule has 0 saturated heterocycles. The molecule has 3 N–H and O–H groups in total. The van der Waals surface area contributed by atoms with Crippen LogP contribution in [0.25, 0.3) is 0 Å². The minimum atomic E-state index is -0.165. The second-order valence-corrected chi connectivity index (χ2v) is 5.89. The third-order valence-corrected chi connectivity index (χ3v) is 4.17. The Bertz CT molecular complexity index is 543. The number of thiophene rings is 1. The molecule has 0 saturated carbocycles. The molecule has 2 rings (SSSR count). The summed E-state index contributed by atoms with van der Waals surface area (Å²) in [4.78, 5) is 12.0. The first kappa shape index (κ1) is 16.5. The SMILES string of the molecule is O=C(NCCc1ccsc1)NC(CCCO)c1ccccc1. The molecule has 0 aliphatic carbocycles. The van der Waals surface area contributed by atoms with Gasteiger partial charge in [-0.25, -0.2) is 4.79 Å². The predicted molar refractivity (Wildman–Crippen MR) is 90.1 cm³/mol. The lowest BCUT2D eigenvalue weighted by molar-refractivity contribution is 0.233. The standard InChI is InChI=1S/C17H22N2O2S/c20-11-4-7-16(15-5-2-1-3-6-15)19-17(21)18-10-8-14-9-12-22-13-14/h1-3,5-6,9,12-13,16,20H,4,7-8,10-11H2,(H2,18,19,21). The normalized spacial score (nSPS) is 11.9. The molecule has 0 aliphatic rings. The third kappa shape index (κ3) is 5.50. The molecule has 0 bridgehead atoms. The first-order valence-electron chi connectivity index (χ1n) is 7.51. The molecule has 0 radical (unpaired) electrons. The maximum atomic E-state index is 12.0. The highest BCUT2D eigenvalue weighted by Crippen LogP contribution is 2.17. The zero-order chi connectivity index (χ0) is 15.6. The molecule has 2 aromatic rings. The number of nitrogens with one attached hydrogen (secondary N) is 2. The van der Waals surface area contributed by atoms with Gasteiger partial charge in [-0.1, -0.05) is 30.3 Å². The van der Waals surface area contributed by atoms with Gasteiger partial charge in [-0.05, 0) is 47.2 Å². The van der Waals surface area contributed by atoms with Crippen molar-refractivity contribution < 1.29 is 9.90 Å². The molecular weight excluding hydrogens is 296 g/mol. The predicted octanol–water partition coefficient (Wildman–Crippen LogP) is 3.10. The maximum absolute atomic E-state index is 12.0. The van der Waals surface area contributed by atoms with Crippen LogP contribution in [0.1, 0.15) is 30.0 Å². The zero-order valence-corrected chi connectivity index (χ0v) is 13.3. The highest BCUT2D eigenvalue weighted by atomic mass is 32.1. The molecule has 1 aromatic carbocycles. The number of hydrogen-bond acceptors (Lipinski definition) is 3. The van der Waals surface area contributed by atoms with Crippen molar-refractivity contribution in [3.8, 4) is 0 Å². The lowest BCUT2D eigenvalue weighted by Crippen LogP contribution is -2.39. The molecule has 1 unspecified atom stereocenters. The molecule has 1 aromatic heterocycles. The van der Waals surface area contributed by atoms with E-state index in [4.69, 9.17) is 5.11 Å². The van der Waals surface area contributed by atoms with Gasteiger partial charge in [-0.3, -0.25) is 0 Å². The minimum Gasteiger partial charge on any atom is -0.396 e. The van der Waals surface area contributed by atoms with Gasteiger partial charge >= 0.3 is 6.03 Å². The summed E-state index contributed by atoms with van der Waals surface area (Å²) in [7, 11) is 0. The molecule has 5 heteroatoms. The fourth-order valence-electron chi connectivity index (χ4n) is 2.27. The lowest BCUT2D eigenvalue weighted by atomic mass is 10.0. The van der Waals surface area contributed by atoms with E-state index in [1.54, 1.807) is 11.3 Å². The molecule has 22 heavy (non-hydrogen) atoms. The van der Waals surface area contributed by atoms with Crippen LogP contribution in [0.3, 0.4) is 0 Å². The quantitative estimate of drug-likeness (QED) is 0.700. The Hall–Kier alpha value is -1.85. The Balaban J connectivity index is 1.82. The van der Waals surface area contributed by atoms with E-state index in [0.717, 1.165) is 18.4 Å². The van der Waals surface area contributed by atoms with Gasteiger partial charge in [0.1, 0.15) is 0 Å². The second-order valence-electron chi connectivity index (χ2n) is 5.11. The van der Waals surface area contributed by atoms with Crippen molar-refractivity contribution in [3.63, 3.8) is 0 Å². The van der Waals surface area contributed by atoms with Gasteiger partial charge in [0.05, 0.1) is 6.04 Å². The molecule has 4 nitrogen and oxygen atoms in total. The summed E-state index contributed by atoms with van der Waals surface area (Å²) in [5.41, 5.74) is 2.30. The van der Waals surface area contributed by atoms with E-state index in [9.17, 15) is 4.79 Å². The number of urea groups is 1. The van der Waals surface area contributed by atoms with Crippen molar-refractivity contribution in [2.75, 3.05) is 13.2 Å². The van der Waals surface area contributed by atoms with Crippen LogP contribution < -0.4 is 10.6 Å². The largest absolute Gasteiger partial charge is 0.396 e. The van der Waals surface area contributed by atoms with E-state index >= 15 is 0 Å². The van der Waals surface area contributed by atoms with Crippen molar-refractivity contribution in [1.29, 1.82) is 0 Å². The number of amides is 2. The molecule has 1 atom stereocenters. The van der Waals surface area contributed by atoms with Gasteiger partial charge in [-0.2, -0.15) is 11.3 Å². The average molecular weight is 318 g/mol. The van der Waals surface area contributed by atoms with Crippen LogP contribution in [0, 0.1) is 0 Å². The van der Waals surface area contributed by atoms with E-state index in [2.05, 4.69) is 22.1 Å². The molecule has 0 spiro atoms. The Morgan fingerprint density at radius 1 is 1.23 bits per heavy atom. The van der Waals surface area contributed by atoms with Crippen LogP contribution in [0.5, 0.6) is 0 Å². The highest BCUT2D eigenvalue weighted by molar-refractivity contribution is 7.07. The van der Waals surface area contributed by atoms with Crippen LogP contribution >= 0.6 is 11.3 Å². The summed E-state index contributed by atoms with van der Waals surface area (Å²) < 4.78 is 0. The number of aliphatic hydroxyl groups excluding tert-OH is 1. The summed E-state index contributed by atoms with van der Waals surface area (Å²) in [6, 6.07) is 11.7. The first-order chi connectivity index (χ1) is 10.8. The first-order valence-corrected chi connectivity index (χ1v) is 8.45. The maximum Gasteiger partial charge on any atom is 0.315 e. The smallest absolute Gasteiger partial charge is 0.315 e. The van der Waals surface area contributed by atoms with Crippen molar-refractivity contribution in [3.05, 3.63) is 58.3 Å². The Morgan fingerprint density at radius 3 is 2.73 bits per heavy atom. The van der Waals surface area contributed by atoms with Gasteiger partial charge in [0.15, 0.2) is 0 Å². The van der Waals surface area contributed by atoms with Crippen LogP contribution in [-0.2, 0) is 6.42 Å². The summed E-state index contributed by atoms with van der Waals surface area (Å²) in [6.45, 7) is 0.745. The zero-order valence-electron chi connectivity index (χ0n) is 12.5. The van der Waals surface area contributed by atoms with Gasteiger partial charge < -0.3 is 15.7 Å². The van der Waals surface area contributed by atoms with E-state index in [1.165, 1.54) is 5.56 Å². The number of hydrogen-bond donors (Lipinski definition) is 3. The van der Waals surface area contributed by atoms with Crippen molar-refractivity contribution in [2.45, 2.75) is 25.3 Å². The molecule has 0 fully saturated rings. The van der Waals surface area contributed by atoms with Gasteiger partial charge in [-0.15, -0.1) is 0 Å². The Morgan fingerprint density at radius 2 is 2.05 bits per heavy atom. The number of carbonyl (C=O) groups is 1. The van der Waals surface area contributed by atoms with Gasteiger partial charge in [0.25, 0.3) is 0 Å². The number of carbonyl (C=O) groups excluding carboxylic acids is 1. The molecule has 1 heterocycles. The van der Waals surface area contributed by atoms with E-state index in [1.807, 2.05) is 35.7 Å². The fourth-order valence-corrected chi connectivity index (χ4v) is 2.97. The summed E-state index contributed by atoms with van der Waals surface area (Å²) >= 11 is 1.66. The van der Waals surface area contributed by atoms with Crippen molar-refractivity contribution >= 4 is 17.4 Å². The van der Waals surface area contributed by atoms with Crippen molar-refractivity contribution in [2.24, 2.45) is 0 Å². The van der Waals surface area contributed by atoms with E-state index in [0.29, 0.717) is 13.0 Å². The summed E-state index contributed by atoms with van der Waals surface area (Å²) in [5.74, 6) is 0. The van der Waals surface area contributed by atoms with Crippen LogP contribution in [0.4, 0.5) is 4.79 Å². The van der Waals surface area contributed by atoms with Gasteiger partial charge in [0, 0.05) is 13.2 Å². The van der Waals surface area contributed by atoms with Gasteiger partial charge in [0.2, 0.25) is 0 Å². The summed E-state index contributed by atoms with van der Waals surface area (Å²) in [5, 5.41) is 19.0. The molecule has 0 aliphatic heterocycles. The second kappa shape index (κ2) is 9.23. The Kier molecular flexibility index (Phi) is 6.93. The molecular formula is C17H22N2O2S. The Labute approximate surface area is 135 Å². The number of aliphatic hydroxyl groups is 1. The third-order valence-electron chi connectivity index (χ3n) is 3.44. The lowest BCUT2D eigenvalue weighted by Gasteiger charge is -2.19. The van der Waals surface area contributed by atoms with Crippen LogP contribution in [-0.4, -0.2) is 24.3 Å². The monoisotopic (exact) mass is 318 g/mol. The van der Waals surface area contributed by atoms with E-state index < -0.39 is 0 Å².